The number of Topliss-reactive ketones (excluding diaryl/α,β-unsaturated/α-hetero) is 1. The molecule has 16 heavy (non-hydrogen) atoms. The van der Waals surface area contributed by atoms with Crippen LogP contribution in [-0.4, -0.2) is 42.0 Å². The molecule has 90 valence electrons. The van der Waals surface area contributed by atoms with Crippen LogP contribution in [0.1, 0.15) is 19.8 Å². The summed E-state index contributed by atoms with van der Waals surface area (Å²) >= 11 is 0. The predicted octanol–water partition coefficient (Wildman–Crippen LogP) is -0.473. The van der Waals surface area contributed by atoms with Gasteiger partial charge >= 0.3 is 17.9 Å². The van der Waals surface area contributed by atoms with Crippen LogP contribution in [-0.2, 0) is 28.7 Å². The average Bonchev–Trinajstić information content (AvgIpc) is 2.20. The van der Waals surface area contributed by atoms with E-state index in [9.17, 15) is 19.2 Å². The molecule has 0 unspecified atom stereocenters. The molecule has 0 fully saturated rings. The van der Waals surface area contributed by atoms with E-state index in [1.807, 2.05) is 0 Å². The van der Waals surface area contributed by atoms with E-state index in [4.69, 9.17) is 5.11 Å². The molecule has 0 amide bonds. The van der Waals surface area contributed by atoms with Gasteiger partial charge < -0.3 is 14.6 Å². The van der Waals surface area contributed by atoms with Crippen LogP contribution < -0.4 is 0 Å². The van der Waals surface area contributed by atoms with E-state index in [0.717, 1.165) is 6.92 Å². The van der Waals surface area contributed by atoms with Gasteiger partial charge in [-0.2, -0.15) is 0 Å². The molecule has 7 nitrogen and oxygen atoms in total. The van der Waals surface area contributed by atoms with Crippen molar-refractivity contribution >= 4 is 23.7 Å². The summed E-state index contributed by atoms with van der Waals surface area (Å²) in [5.41, 5.74) is 0. The lowest BCUT2D eigenvalue weighted by Crippen LogP contribution is -2.18. The van der Waals surface area contributed by atoms with Gasteiger partial charge in [-0.1, -0.05) is 0 Å². The van der Waals surface area contributed by atoms with E-state index < -0.39 is 23.7 Å². The number of aliphatic carboxylic acids is 1. The van der Waals surface area contributed by atoms with Gasteiger partial charge in [-0.25, -0.2) is 4.79 Å². The fourth-order valence-corrected chi connectivity index (χ4v) is 0.673. The second-order valence-corrected chi connectivity index (χ2v) is 2.81. The van der Waals surface area contributed by atoms with Gasteiger partial charge in [0.05, 0.1) is 12.8 Å². The molecule has 0 rings (SSSR count). The summed E-state index contributed by atoms with van der Waals surface area (Å²) < 4.78 is 8.93. The Bertz CT molecular complexity index is 294. The number of ether oxygens (including phenoxy) is 2. The molecule has 0 aromatic rings. The van der Waals surface area contributed by atoms with Gasteiger partial charge in [-0.05, 0) is 0 Å². The number of carboxylic acids is 1. The lowest BCUT2D eigenvalue weighted by molar-refractivity contribution is -0.157. The van der Waals surface area contributed by atoms with Gasteiger partial charge in [-0.3, -0.25) is 14.4 Å². The maximum atomic E-state index is 10.8. The highest BCUT2D eigenvalue weighted by Crippen LogP contribution is 1.93. The Morgan fingerprint density at radius 2 is 1.56 bits per heavy atom. The number of hydrogen-bond donors (Lipinski definition) is 1. The Kier molecular flexibility index (Phi) is 6.50. The summed E-state index contributed by atoms with van der Waals surface area (Å²) in [5, 5.41) is 8.25. The number of rotatable bonds is 7. The summed E-state index contributed by atoms with van der Waals surface area (Å²) in [7, 11) is 0. The molecule has 0 saturated carbocycles. The molecular formula is C9H12O7. The normalized spacial score (nSPS) is 9.31. The minimum atomic E-state index is -1.10. The number of ketones is 1. The van der Waals surface area contributed by atoms with Gasteiger partial charge in [0.2, 0.25) is 5.78 Å². The highest BCUT2D eigenvalue weighted by Gasteiger charge is 2.09. The lowest BCUT2D eigenvalue weighted by atomic mass is 10.3. The van der Waals surface area contributed by atoms with Crippen LogP contribution in [0.15, 0.2) is 0 Å². The Morgan fingerprint density at radius 1 is 1.00 bits per heavy atom. The number of esters is 2. The number of carbonyl (C=O) groups is 4. The molecule has 1 N–H and O–H groups in total. The first kappa shape index (κ1) is 14.1. The van der Waals surface area contributed by atoms with Crippen LogP contribution in [0.4, 0.5) is 0 Å². The van der Waals surface area contributed by atoms with Crippen molar-refractivity contribution in [2.45, 2.75) is 19.8 Å². The molecule has 0 aromatic carbocycles. The van der Waals surface area contributed by atoms with Crippen LogP contribution in [0.25, 0.3) is 0 Å². The van der Waals surface area contributed by atoms with Crippen molar-refractivity contribution < 1.29 is 33.8 Å². The first-order valence-corrected chi connectivity index (χ1v) is 4.48. The van der Waals surface area contributed by atoms with Crippen LogP contribution in [0, 0.1) is 0 Å². The number of hydrogen-bond acceptors (Lipinski definition) is 6. The van der Waals surface area contributed by atoms with Crippen LogP contribution >= 0.6 is 0 Å². The molecule has 0 aliphatic rings. The lowest BCUT2D eigenvalue weighted by Gasteiger charge is -2.04. The van der Waals surface area contributed by atoms with Crippen molar-refractivity contribution in [2.24, 2.45) is 0 Å². The van der Waals surface area contributed by atoms with E-state index in [1.165, 1.54) is 0 Å². The topological polar surface area (TPSA) is 107 Å². The summed E-state index contributed by atoms with van der Waals surface area (Å²) in [6.45, 7) is 0.635. The summed E-state index contributed by atoms with van der Waals surface area (Å²) in [5.74, 6) is -3.53. The highest BCUT2D eigenvalue weighted by molar-refractivity contribution is 6.32. The van der Waals surface area contributed by atoms with Gasteiger partial charge in [0.1, 0.15) is 13.2 Å². The molecular weight excluding hydrogens is 220 g/mol. The van der Waals surface area contributed by atoms with Gasteiger partial charge in [0, 0.05) is 6.92 Å². The molecule has 0 radical (unpaired) electrons. The van der Waals surface area contributed by atoms with Crippen molar-refractivity contribution in [3.8, 4) is 0 Å². The quantitative estimate of drug-likeness (QED) is 0.359. The fraction of sp³-hybridized carbons (Fsp3) is 0.556. The Morgan fingerprint density at radius 3 is 2.06 bits per heavy atom. The Hall–Kier alpha value is -1.92. The van der Waals surface area contributed by atoms with Crippen molar-refractivity contribution in [2.75, 3.05) is 13.2 Å². The minimum Gasteiger partial charge on any atom is -0.481 e. The maximum Gasteiger partial charge on any atom is 0.374 e. The molecule has 0 aliphatic carbocycles. The van der Waals surface area contributed by atoms with Gasteiger partial charge in [0.25, 0.3) is 0 Å². The van der Waals surface area contributed by atoms with Crippen molar-refractivity contribution in [1.29, 1.82) is 0 Å². The van der Waals surface area contributed by atoms with Crippen molar-refractivity contribution in [3.05, 3.63) is 0 Å². The Balaban J connectivity index is 3.52. The number of carbonyl (C=O) groups excluding carboxylic acids is 3. The van der Waals surface area contributed by atoms with Gasteiger partial charge in [0.15, 0.2) is 0 Å². The Labute approximate surface area is 91.3 Å². The standard InChI is InChI=1S/C9H12O7/c1-6(10)9(14)16-5-4-15-8(13)3-2-7(11)12/h2-5H2,1H3,(H,11,12). The summed E-state index contributed by atoms with van der Waals surface area (Å²) in [4.78, 5) is 41.9. The van der Waals surface area contributed by atoms with E-state index in [2.05, 4.69) is 9.47 Å². The monoisotopic (exact) mass is 232 g/mol. The summed E-state index contributed by atoms with van der Waals surface area (Å²) in [6.07, 6.45) is -0.554. The molecule has 0 aliphatic heterocycles. The molecule has 0 saturated heterocycles. The van der Waals surface area contributed by atoms with Gasteiger partial charge in [-0.15, -0.1) is 0 Å². The van der Waals surface area contributed by atoms with Crippen LogP contribution in [0.2, 0.25) is 0 Å². The smallest absolute Gasteiger partial charge is 0.374 e. The first-order valence-electron chi connectivity index (χ1n) is 4.48. The fourth-order valence-electron chi connectivity index (χ4n) is 0.673. The zero-order valence-electron chi connectivity index (χ0n) is 8.73. The molecule has 0 aromatic heterocycles. The van der Waals surface area contributed by atoms with E-state index in [-0.39, 0.29) is 26.1 Å². The van der Waals surface area contributed by atoms with E-state index >= 15 is 0 Å². The average molecular weight is 232 g/mol. The molecule has 0 atom stereocenters. The maximum absolute atomic E-state index is 10.8. The minimum absolute atomic E-state index is 0.197. The van der Waals surface area contributed by atoms with Crippen LogP contribution in [0.5, 0.6) is 0 Å². The third-order valence-corrected chi connectivity index (χ3v) is 1.41. The highest BCUT2D eigenvalue weighted by atomic mass is 16.6. The molecule has 0 heterocycles. The predicted molar refractivity (Wildman–Crippen MR) is 49.5 cm³/mol. The largest absolute Gasteiger partial charge is 0.481 e. The van der Waals surface area contributed by atoms with Crippen molar-refractivity contribution in [1.82, 2.24) is 0 Å². The second-order valence-electron chi connectivity index (χ2n) is 2.81. The molecule has 0 bridgehead atoms. The molecule has 7 heteroatoms. The number of carboxylic acid groups (broad SMARTS) is 1. The van der Waals surface area contributed by atoms with Crippen LogP contribution in [0.3, 0.4) is 0 Å². The van der Waals surface area contributed by atoms with Crippen molar-refractivity contribution in [3.63, 3.8) is 0 Å². The van der Waals surface area contributed by atoms with E-state index in [1.54, 1.807) is 0 Å². The van der Waals surface area contributed by atoms with E-state index in [0.29, 0.717) is 0 Å². The summed E-state index contributed by atoms with van der Waals surface area (Å²) in [6, 6.07) is 0. The zero-order chi connectivity index (χ0) is 12.6. The third-order valence-electron chi connectivity index (χ3n) is 1.41. The second kappa shape index (κ2) is 7.38. The first-order chi connectivity index (χ1) is 7.43. The molecule has 0 spiro atoms. The zero-order valence-corrected chi connectivity index (χ0v) is 8.73. The third kappa shape index (κ3) is 7.48. The SMILES string of the molecule is CC(=O)C(=O)OCCOC(=O)CCC(=O)O.